The van der Waals surface area contributed by atoms with Crippen molar-refractivity contribution in [2.75, 3.05) is 7.05 Å². The van der Waals surface area contributed by atoms with Crippen LogP contribution in [0.15, 0.2) is 44.6 Å². The van der Waals surface area contributed by atoms with Gasteiger partial charge in [-0.25, -0.2) is 13.8 Å². The molecule has 0 radical (unpaired) electrons. The Morgan fingerprint density at radius 1 is 1.26 bits per heavy atom. The zero-order valence-corrected chi connectivity index (χ0v) is 13.2. The molecule has 0 unspecified atom stereocenters. The van der Waals surface area contributed by atoms with E-state index in [-0.39, 0.29) is 11.6 Å². The van der Waals surface area contributed by atoms with Crippen molar-refractivity contribution < 1.29 is 18.0 Å². The molecule has 1 amide bonds. The van der Waals surface area contributed by atoms with Crippen LogP contribution in [0.1, 0.15) is 11.5 Å². The molecule has 0 saturated carbocycles. The summed E-state index contributed by atoms with van der Waals surface area (Å²) in [5, 5.41) is 0.315. The highest BCUT2D eigenvalue weighted by atomic mass is 32.2. The quantitative estimate of drug-likeness (QED) is 0.777. The van der Waals surface area contributed by atoms with Gasteiger partial charge < -0.3 is 4.42 Å². The number of thioether (sulfide) groups is 1. The molecule has 3 rings (SSSR count). The molecule has 4 nitrogen and oxygen atoms in total. The number of amides is 1. The molecule has 118 valence electrons. The van der Waals surface area contributed by atoms with Crippen molar-refractivity contribution in [3.05, 3.63) is 58.4 Å². The van der Waals surface area contributed by atoms with Crippen molar-refractivity contribution in [3.8, 4) is 0 Å². The molecule has 2 heterocycles. The van der Waals surface area contributed by atoms with E-state index in [1.165, 1.54) is 11.0 Å². The minimum absolute atomic E-state index is 0.0244. The molecule has 1 aliphatic heterocycles. The van der Waals surface area contributed by atoms with E-state index in [4.69, 9.17) is 4.42 Å². The predicted octanol–water partition coefficient (Wildman–Crippen LogP) is 4.10. The number of aryl methyl sites for hydroxylation is 1. The van der Waals surface area contributed by atoms with E-state index in [2.05, 4.69) is 4.99 Å². The van der Waals surface area contributed by atoms with Gasteiger partial charge in [0.2, 0.25) is 0 Å². The van der Waals surface area contributed by atoms with Gasteiger partial charge in [-0.3, -0.25) is 9.69 Å². The number of nitrogens with zero attached hydrogens (tertiary/aromatic N) is 2. The lowest BCUT2D eigenvalue weighted by atomic mass is 10.3. The number of halogens is 2. The van der Waals surface area contributed by atoms with Crippen molar-refractivity contribution in [2.45, 2.75) is 6.92 Å². The van der Waals surface area contributed by atoms with E-state index in [0.717, 1.165) is 29.7 Å². The minimum atomic E-state index is -0.780. The third kappa shape index (κ3) is 3.19. The van der Waals surface area contributed by atoms with Crippen LogP contribution < -0.4 is 0 Å². The van der Waals surface area contributed by atoms with Crippen LogP contribution in [0.2, 0.25) is 0 Å². The Hall–Kier alpha value is -2.41. The summed E-state index contributed by atoms with van der Waals surface area (Å²) in [7, 11) is 1.55. The standard InChI is InChI=1S/C16H12F2N2O2S/c1-9-3-5-11(22-9)8-14-15(21)20(2)16(23-14)19-13-6-4-10(17)7-12(13)18/h3-8H,1-2H3/b14-8+,19-16?. The van der Waals surface area contributed by atoms with Gasteiger partial charge in [0.15, 0.2) is 11.0 Å². The van der Waals surface area contributed by atoms with E-state index < -0.39 is 11.6 Å². The Morgan fingerprint density at radius 3 is 2.70 bits per heavy atom. The Kier molecular flexibility index (Phi) is 4.04. The fourth-order valence-corrected chi connectivity index (χ4v) is 2.95. The molecular weight excluding hydrogens is 322 g/mol. The Labute approximate surface area is 135 Å². The maximum Gasteiger partial charge on any atom is 0.266 e. The number of hydrogen-bond acceptors (Lipinski definition) is 4. The molecule has 1 saturated heterocycles. The zero-order valence-electron chi connectivity index (χ0n) is 12.3. The number of benzene rings is 1. The Balaban J connectivity index is 1.91. The first-order chi connectivity index (χ1) is 10.9. The van der Waals surface area contributed by atoms with E-state index in [0.29, 0.717) is 15.8 Å². The summed E-state index contributed by atoms with van der Waals surface area (Å²) >= 11 is 1.11. The molecule has 0 aliphatic carbocycles. The van der Waals surface area contributed by atoms with Gasteiger partial charge in [-0.15, -0.1) is 0 Å². The average Bonchev–Trinajstić information content (AvgIpc) is 3.01. The first-order valence-electron chi connectivity index (χ1n) is 6.72. The number of amidine groups is 1. The second-order valence-corrected chi connectivity index (χ2v) is 5.92. The van der Waals surface area contributed by atoms with E-state index in [1.807, 2.05) is 6.92 Å². The normalized spacial score (nSPS) is 18.4. The summed E-state index contributed by atoms with van der Waals surface area (Å²) in [6.45, 7) is 1.81. The summed E-state index contributed by atoms with van der Waals surface area (Å²) < 4.78 is 32.0. The summed E-state index contributed by atoms with van der Waals surface area (Å²) in [5.74, 6) is -0.420. The van der Waals surface area contributed by atoms with Crippen LogP contribution >= 0.6 is 11.8 Å². The smallest absolute Gasteiger partial charge is 0.266 e. The molecule has 23 heavy (non-hydrogen) atoms. The van der Waals surface area contributed by atoms with Gasteiger partial charge in [-0.05, 0) is 43.0 Å². The largest absolute Gasteiger partial charge is 0.462 e. The SMILES string of the molecule is Cc1ccc(/C=C2/SC(=Nc3ccc(F)cc3F)N(C)C2=O)o1. The maximum atomic E-state index is 13.7. The van der Waals surface area contributed by atoms with Crippen LogP contribution in [-0.2, 0) is 4.79 Å². The van der Waals surface area contributed by atoms with Crippen molar-refractivity contribution >= 4 is 34.6 Å². The zero-order chi connectivity index (χ0) is 16.6. The molecular formula is C16H12F2N2O2S. The van der Waals surface area contributed by atoms with Crippen LogP contribution in [0, 0.1) is 18.6 Å². The number of hydrogen-bond donors (Lipinski definition) is 0. The fourth-order valence-electron chi connectivity index (χ4n) is 1.99. The van der Waals surface area contributed by atoms with Gasteiger partial charge in [-0.1, -0.05) is 0 Å². The van der Waals surface area contributed by atoms with E-state index in [9.17, 15) is 13.6 Å². The highest BCUT2D eigenvalue weighted by Crippen LogP contribution is 2.33. The van der Waals surface area contributed by atoms with Gasteiger partial charge in [0.05, 0.1) is 4.91 Å². The van der Waals surface area contributed by atoms with Crippen LogP contribution in [0.25, 0.3) is 6.08 Å². The molecule has 0 atom stereocenters. The van der Waals surface area contributed by atoms with Gasteiger partial charge in [0.25, 0.3) is 5.91 Å². The molecule has 2 aromatic rings. The third-order valence-corrected chi connectivity index (χ3v) is 4.22. The molecule has 1 fully saturated rings. The number of likely N-dealkylation sites (N-methyl/N-ethyl adjacent to an activating group) is 1. The van der Waals surface area contributed by atoms with Crippen molar-refractivity contribution in [1.82, 2.24) is 4.90 Å². The van der Waals surface area contributed by atoms with Crippen LogP contribution in [0.4, 0.5) is 14.5 Å². The van der Waals surface area contributed by atoms with Crippen molar-refractivity contribution in [2.24, 2.45) is 4.99 Å². The van der Waals surface area contributed by atoms with Gasteiger partial charge >= 0.3 is 0 Å². The first kappa shape index (κ1) is 15.5. The highest BCUT2D eigenvalue weighted by Gasteiger charge is 2.30. The molecule has 0 bridgehead atoms. The molecule has 1 aromatic carbocycles. The number of furan rings is 1. The molecule has 0 N–H and O–H groups in total. The summed E-state index contributed by atoms with van der Waals surface area (Å²) in [4.78, 5) is 18.0. The lowest BCUT2D eigenvalue weighted by molar-refractivity contribution is -0.121. The topological polar surface area (TPSA) is 45.8 Å². The van der Waals surface area contributed by atoms with Gasteiger partial charge in [-0.2, -0.15) is 0 Å². The van der Waals surface area contributed by atoms with Gasteiger partial charge in [0.1, 0.15) is 23.0 Å². The van der Waals surface area contributed by atoms with Gasteiger partial charge in [0, 0.05) is 19.2 Å². The lowest BCUT2D eigenvalue weighted by Crippen LogP contribution is -2.23. The monoisotopic (exact) mass is 334 g/mol. The number of rotatable bonds is 2. The number of aliphatic imine (C=N–C) groups is 1. The fraction of sp³-hybridized carbons (Fsp3) is 0.125. The first-order valence-corrected chi connectivity index (χ1v) is 7.53. The second kappa shape index (κ2) is 6.00. The number of carbonyl (C=O) groups excluding carboxylic acids is 1. The summed E-state index contributed by atoms with van der Waals surface area (Å²) in [5.41, 5.74) is -0.0244. The van der Waals surface area contributed by atoms with Crippen LogP contribution in [-0.4, -0.2) is 23.0 Å². The van der Waals surface area contributed by atoms with Crippen molar-refractivity contribution in [1.29, 1.82) is 0 Å². The molecule has 1 aliphatic rings. The lowest BCUT2D eigenvalue weighted by Gasteiger charge is -2.07. The third-order valence-electron chi connectivity index (χ3n) is 3.16. The summed E-state index contributed by atoms with van der Waals surface area (Å²) in [6.07, 6.45) is 1.61. The average molecular weight is 334 g/mol. The predicted molar refractivity (Wildman–Crippen MR) is 85.2 cm³/mol. The molecule has 1 aromatic heterocycles. The van der Waals surface area contributed by atoms with E-state index in [1.54, 1.807) is 25.3 Å². The van der Waals surface area contributed by atoms with Crippen molar-refractivity contribution in [3.63, 3.8) is 0 Å². The van der Waals surface area contributed by atoms with Crippen LogP contribution in [0.5, 0.6) is 0 Å². The maximum absolute atomic E-state index is 13.7. The Bertz CT molecular complexity index is 842. The summed E-state index contributed by atoms with van der Waals surface area (Å²) in [6, 6.07) is 6.65. The molecule has 0 spiro atoms. The van der Waals surface area contributed by atoms with Crippen LogP contribution in [0.3, 0.4) is 0 Å². The highest BCUT2D eigenvalue weighted by molar-refractivity contribution is 8.18. The molecule has 7 heteroatoms. The Morgan fingerprint density at radius 2 is 2.04 bits per heavy atom. The van der Waals surface area contributed by atoms with E-state index >= 15 is 0 Å². The minimum Gasteiger partial charge on any atom is -0.462 e. The second-order valence-electron chi connectivity index (χ2n) is 4.91. The number of carbonyl (C=O) groups is 1.